The van der Waals surface area contributed by atoms with E-state index in [-0.39, 0.29) is 17.9 Å². The predicted molar refractivity (Wildman–Crippen MR) is 132 cm³/mol. The number of benzene rings is 3. The summed E-state index contributed by atoms with van der Waals surface area (Å²) in [6, 6.07) is 15.9. The molecule has 3 aromatic rings. The Labute approximate surface area is 210 Å². The first-order valence-corrected chi connectivity index (χ1v) is 11.2. The van der Waals surface area contributed by atoms with Crippen molar-refractivity contribution in [1.82, 2.24) is 5.32 Å². The molecular weight excluding hydrogens is 499 g/mol. The van der Waals surface area contributed by atoms with Crippen LogP contribution in [0.4, 0.5) is 10.5 Å². The SMILES string of the molecule is Cc1ccc(N2C(=O)NC(=O)/C(=C/c3ccc(OCc4ccc(Cl)cc4Cl)cc3)C2=O)cc1Cl. The van der Waals surface area contributed by atoms with E-state index in [2.05, 4.69) is 5.32 Å². The highest BCUT2D eigenvalue weighted by Crippen LogP contribution is 2.27. The average Bonchev–Trinajstić information content (AvgIpc) is 2.79. The molecule has 4 amide bonds. The molecule has 34 heavy (non-hydrogen) atoms. The molecular formula is C25H17Cl3N2O4. The largest absolute Gasteiger partial charge is 0.489 e. The number of urea groups is 1. The molecule has 4 rings (SSSR count). The van der Waals surface area contributed by atoms with Gasteiger partial charge in [-0.15, -0.1) is 0 Å². The Bertz CT molecular complexity index is 1340. The number of rotatable bonds is 5. The molecule has 1 aliphatic heterocycles. The Hall–Kier alpha value is -3.32. The van der Waals surface area contributed by atoms with Crippen LogP contribution in [0.25, 0.3) is 6.08 Å². The van der Waals surface area contributed by atoms with Gasteiger partial charge in [-0.05, 0) is 60.5 Å². The van der Waals surface area contributed by atoms with Crippen molar-refractivity contribution in [3.8, 4) is 5.75 Å². The van der Waals surface area contributed by atoms with Crippen LogP contribution in [0.2, 0.25) is 15.1 Å². The Morgan fingerprint density at radius 1 is 0.912 bits per heavy atom. The minimum atomic E-state index is -0.836. The summed E-state index contributed by atoms with van der Waals surface area (Å²) in [7, 11) is 0. The van der Waals surface area contributed by atoms with Gasteiger partial charge in [0.1, 0.15) is 17.9 Å². The van der Waals surface area contributed by atoms with Crippen molar-refractivity contribution < 1.29 is 19.1 Å². The zero-order valence-corrected chi connectivity index (χ0v) is 20.0. The Balaban J connectivity index is 1.52. The summed E-state index contributed by atoms with van der Waals surface area (Å²) < 4.78 is 5.75. The summed E-state index contributed by atoms with van der Waals surface area (Å²) in [6.07, 6.45) is 1.41. The van der Waals surface area contributed by atoms with Crippen molar-refractivity contribution in [2.24, 2.45) is 0 Å². The van der Waals surface area contributed by atoms with E-state index in [1.54, 1.807) is 61.5 Å². The van der Waals surface area contributed by atoms with Crippen LogP contribution in [0.3, 0.4) is 0 Å². The van der Waals surface area contributed by atoms with Crippen LogP contribution in [-0.2, 0) is 16.2 Å². The number of hydrogen-bond donors (Lipinski definition) is 1. The van der Waals surface area contributed by atoms with E-state index < -0.39 is 17.8 Å². The number of ether oxygens (including phenoxy) is 1. The second-order valence-electron chi connectivity index (χ2n) is 7.48. The molecule has 6 nitrogen and oxygen atoms in total. The molecule has 1 N–H and O–H groups in total. The summed E-state index contributed by atoms with van der Waals surface area (Å²) in [5.41, 5.74) is 2.23. The zero-order valence-electron chi connectivity index (χ0n) is 17.8. The minimum absolute atomic E-state index is 0.182. The summed E-state index contributed by atoms with van der Waals surface area (Å²) in [5, 5.41) is 3.63. The molecule has 0 radical (unpaired) electrons. The van der Waals surface area contributed by atoms with Crippen molar-refractivity contribution >= 4 is 64.4 Å². The number of carbonyl (C=O) groups is 3. The maximum Gasteiger partial charge on any atom is 0.335 e. The van der Waals surface area contributed by atoms with Crippen LogP contribution >= 0.6 is 34.8 Å². The lowest BCUT2D eigenvalue weighted by Gasteiger charge is -2.26. The number of aryl methyl sites for hydroxylation is 1. The molecule has 3 aromatic carbocycles. The highest BCUT2D eigenvalue weighted by molar-refractivity contribution is 6.39. The van der Waals surface area contributed by atoms with Crippen molar-refractivity contribution in [1.29, 1.82) is 0 Å². The molecule has 0 aromatic heterocycles. The standard InChI is InChI=1S/C25H17Cl3N2O4/c1-14-2-7-18(12-21(14)27)30-24(32)20(23(31)29-25(30)33)10-15-3-8-19(9-4-15)34-13-16-5-6-17(26)11-22(16)28/h2-12H,13H2,1H3,(H,29,31,33)/b20-10-. The third-order valence-electron chi connectivity index (χ3n) is 5.12. The number of nitrogens with zero attached hydrogens (tertiary/aromatic N) is 1. The normalized spacial score (nSPS) is 15.0. The van der Waals surface area contributed by atoms with Gasteiger partial charge in [0.15, 0.2) is 0 Å². The van der Waals surface area contributed by atoms with Crippen molar-refractivity contribution in [2.75, 3.05) is 4.90 Å². The maximum atomic E-state index is 13.0. The van der Waals surface area contributed by atoms with E-state index in [0.29, 0.717) is 26.4 Å². The number of carbonyl (C=O) groups excluding carboxylic acids is 3. The molecule has 9 heteroatoms. The highest BCUT2D eigenvalue weighted by atomic mass is 35.5. The first kappa shape index (κ1) is 23.8. The zero-order chi connectivity index (χ0) is 24.4. The summed E-state index contributed by atoms with van der Waals surface area (Å²) in [6.45, 7) is 2.05. The van der Waals surface area contributed by atoms with Gasteiger partial charge in [-0.3, -0.25) is 14.9 Å². The van der Waals surface area contributed by atoms with Crippen LogP contribution in [0, 0.1) is 6.92 Å². The molecule has 0 bridgehead atoms. The molecule has 0 saturated carbocycles. The quantitative estimate of drug-likeness (QED) is 0.324. The third-order valence-corrected chi connectivity index (χ3v) is 6.11. The number of amides is 4. The summed E-state index contributed by atoms with van der Waals surface area (Å²) in [4.78, 5) is 38.6. The van der Waals surface area contributed by atoms with Gasteiger partial charge in [-0.25, -0.2) is 9.69 Å². The molecule has 1 heterocycles. The molecule has 1 saturated heterocycles. The third kappa shape index (κ3) is 5.09. The van der Waals surface area contributed by atoms with Gasteiger partial charge in [-0.1, -0.05) is 59.1 Å². The van der Waals surface area contributed by atoms with Gasteiger partial charge in [0.05, 0.1) is 5.69 Å². The smallest absolute Gasteiger partial charge is 0.335 e. The summed E-state index contributed by atoms with van der Waals surface area (Å²) in [5.74, 6) is -0.952. The Kier molecular flexibility index (Phi) is 6.93. The van der Waals surface area contributed by atoms with Gasteiger partial charge in [0, 0.05) is 20.6 Å². The van der Waals surface area contributed by atoms with Crippen molar-refractivity contribution in [2.45, 2.75) is 13.5 Å². The highest BCUT2D eigenvalue weighted by Gasteiger charge is 2.36. The molecule has 1 fully saturated rings. The lowest BCUT2D eigenvalue weighted by Crippen LogP contribution is -2.54. The van der Waals surface area contributed by atoms with E-state index in [0.717, 1.165) is 16.0 Å². The fraction of sp³-hybridized carbons (Fsp3) is 0.0800. The fourth-order valence-corrected chi connectivity index (χ4v) is 3.88. The van der Waals surface area contributed by atoms with Crippen LogP contribution in [0.5, 0.6) is 5.75 Å². The van der Waals surface area contributed by atoms with Gasteiger partial charge < -0.3 is 4.74 Å². The lowest BCUT2D eigenvalue weighted by molar-refractivity contribution is -0.122. The first-order valence-electron chi connectivity index (χ1n) is 10.1. The van der Waals surface area contributed by atoms with Crippen LogP contribution in [0.1, 0.15) is 16.7 Å². The number of anilines is 1. The van der Waals surface area contributed by atoms with E-state index in [4.69, 9.17) is 39.5 Å². The molecule has 0 spiro atoms. The van der Waals surface area contributed by atoms with Gasteiger partial charge in [0.2, 0.25) is 0 Å². The number of nitrogens with one attached hydrogen (secondary N) is 1. The Morgan fingerprint density at radius 2 is 1.65 bits per heavy atom. The molecule has 0 unspecified atom stereocenters. The van der Waals surface area contributed by atoms with E-state index in [1.165, 1.54) is 12.1 Å². The van der Waals surface area contributed by atoms with Gasteiger partial charge in [-0.2, -0.15) is 0 Å². The fourth-order valence-electron chi connectivity index (χ4n) is 3.24. The number of imide groups is 2. The maximum absolute atomic E-state index is 13.0. The van der Waals surface area contributed by atoms with Crippen molar-refractivity contribution in [3.05, 3.63) is 98.0 Å². The van der Waals surface area contributed by atoms with Crippen LogP contribution < -0.4 is 15.0 Å². The molecule has 0 aliphatic carbocycles. The average molecular weight is 516 g/mol. The van der Waals surface area contributed by atoms with Gasteiger partial charge >= 0.3 is 6.03 Å². The minimum Gasteiger partial charge on any atom is -0.489 e. The number of barbiturate groups is 1. The first-order chi connectivity index (χ1) is 16.2. The van der Waals surface area contributed by atoms with E-state index in [1.807, 2.05) is 0 Å². The predicted octanol–water partition coefficient (Wildman–Crippen LogP) is 6.20. The van der Waals surface area contributed by atoms with Crippen LogP contribution in [0.15, 0.2) is 66.2 Å². The summed E-state index contributed by atoms with van der Waals surface area (Å²) >= 11 is 18.2. The monoisotopic (exact) mass is 514 g/mol. The second-order valence-corrected chi connectivity index (χ2v) is 8.74. The topological polar surface area (TPSA) is 75.7 Å². The molecule has 0 atom stereocenters. The van der Waals surface area contributed by atoms with E-state index in [9.17, 15) is 14.4 Å². The second kappa shape index (κ2) is 9.89. The van der Waals surface area contributed by atoms with Crippen molar-refractivity contribution in [3.63, 3.8) is 0 Å². The molecule has 172 valence electrons. The van der Waals surface area contributed by atoms with Gasteiger partial charge in [0.25, 0.3) is 11.8 Å². The van der Waals surface area contributed by atoms with Crippen LogP contribution in [-0.4, -0.2) is 17.8 Å². The lowest BCUT2D eigenvalue weighted by atomic mass is 10.1. The molecule has 1 aliphatic rings. The number of halogens is 3. The Morgan fingerprint density at radius 3 is 2.32 bits per heavy atom. The van der Waals surface area contributed by atoms with E-state index >= 15 is 0 Å². The number of hydrogen-bond acceptors (Lipinski definition) is 4.